The normalized spacial score (nSPS) is 29.9. The molecule has 3 nitrogen and oxygen atoms in total. The molecule has 2 saturated carbocycles. The van der Waals surface area contributed by atoms with Crippen molar-refractivity contribution in [1.82, 2.24) is 10.2 Å². The van der Waals surface area contributed by atoms with Gasteiger partial charge in [0.1, 0.15) is 0 Å². The summed E-state index contributed by atoms with van der Waals surface area (Å²) in [5.41, 5.74) is -0.218. The van der Waals surface area contributed by atoms with Crippen molar-refractivity contribution in [1.29, 1.82) is 0 Å². The molecular weight excluding hydrogens is 260 g/mol. The third kappa shape index (κ3) is 3.43. The molecule has 0 aromatic rings. The Morgan fingerprint density at radius 3 is 2.16 bits per heavy atom. The number of rotatable bonds is 6. The average Bonchev–Trinajstić information content (AvgIpc) is 3.30. The van der Waals surface area contributed by atoms with Crippen LogP contribution in [0.2, 0.25) is 0 Å². The summed E-state index contributed by atoms with van der Waals surface area (Å²) in [6, 6.07) is 0. The molecule has 1 N–H and O–H groups in total. The molecule has 110 valence electrons. The largest absolute Gasteiger partial charge is 0.341 e. The van der Waals surface area contributed by atoms with Gasteiger partial charge >= 0.3 is 0 Å². The average molecular weight is 287 g/mol. The molecule has 19 heavy (non-hydrogen) atoms. The topological polar surface area (TPSA) is 32.3 Å². The first-order valence-electron chi connectivity index (χ1n) is 7.78. The SMILES string of the molecule is CCC1(C(=O)N(CC2CC2)CC2CC2)CCCN1.Cl. The molecule has 4 heteroatoms. The summed E-state index contributed by atoms with van der Waals surface area (Å²) in [5, 5.41) is 3.50. The first kappa shape index (κ1) is 15.1. The summed E-state index contributed by atoms with van der Waals surface area (Å²) in [7, 11) is 0. The van der Waals surface area contributed by atoms with Crippen LogP contribution in [0.4, 0.5) is 0 Å². The lowest BCUT2D eigenvalue weighted by Gasteiger charge is -2.34. The summed E-state index contributed by atoms with van der Waals surface area (Å²) in [6.07, 6.45) is 8.47. The maximum atomic E-state index is 12.9. The van der Waals surface area contributed by atoms with Crippen LogP contribution in [0.5, 0.6) is 0 Å². The molecule has 1 amide bonds. The summed E-state index contributed by atoms with van der Waals surface area (Å²) in [6.45, 7) is 5.22. The summed E-state index contributed by atoms with van der Waals surface area (Å²) >= 11 is 0. The maximum absolute atomic E-state index is 12.9. The molecule has 0 radical (unpaired) electrons. The molecule has 3 rings (SSSR count). The predicted molar refractivity (Wildman–Crippen MR) is 79.5 cm³/mol. The van der Waals surface area contributed by atoms with E-state index in [1.54, 1.807) is 0 Å². The Morgan fingerprint density at radius 2 is 1.79 bits per heavy atom. The second-order valence-electron chi connectivity index (χ2n) is 6.56. The van der Waals surface area contributed by atoms with E-state index in [-0.39, 0.29) is 17.9 Å². The van der Waals surface area contributed by atoms with Gasteiger partial charge in [-0.2, -0.15) is 0 Å². The van der Waals surface area contributed by atoms with Crippen LogP contribution in [0.3, 0.4) is 0 Å². The van der Waals surface area contributed by atoms with Crippen molar-refractivity contribution in [2.24, 2.45) is 11.8 Å². The minimum atomic E-state index is -0.218. The van der Waals surface area contributed by atoms with Crippen molar-refractivity contribution in [2.75, 3.05) is 19.6 Å². The first-order valence-corrected chi connectivity index (χ1v) is 7.78. The van der Waals surface area contributed by atoms with Crippen LogP contribution in [-0.4, -0.2) is 36.0 Å². The molecule has 0 aromatic carbocycles. The van der Waals surface area contributed by atoms with Gasteiger partial charge in [0, 0.05) is 13.1 Å². The highest BCUT2D eigenvalue weighted by Gasteiger charge is 2.43. The van der Waals surface area contributed by atoms with Crippen molar-refractivity contribution in [3.63, 3.8) is 0 Å². The van der Waals surface area contributed by atoms with Gasteiger partial charge in [-0.15, -0.1) is 12.4 Å². The fourth-order valence-electron chi connectivity index (χ4n) is 3.21. The second-order valence-corrected chi connectivity index (χ2v) is 6.56. The van der Waals surface area contributed by atoms with E-state index in [9.17, 15) is 4.79 Å². The van der Waals surface area contributed by atoms with Crippen molar-refractivity contribution in [3.8, 4) is 0 Å². The molecule has 1 saturated heterocycles. The smallest absolute Gasteiger partial charge is 0.242 e. The van der Waals surface area contributed by atoms with Gasteiger partial charge < -0.3 is 10.2 Å². The van der Waals surface area contributed by atoms with Gasteiger partial charge in [-0.3, -0.25) is 4.79 Å². The van der Waals surface area contributed by atoms with Gasteiger partial charge in [0.25, 0.3) is 0 Å². The van der Waals surface area contributed by atoms with Crippen molar-refractivity contribution in [2.45, 2.75) is 57.4 Å². The fourth-order valence-corrected chi connectivity index (χ4v) is 3.21. The molecular formula is C15H27ClN2O. The molecule has 0 bridgehead atoms. The maximum Gasteiger partial charge on any atom is 0.242 e. The zero-order valence-electron chi connectivity index (χ0n) is 12.0. The molecule has 2 aliphatic carbocycles. The monoisotopic (exact) mass is 286 g/mol. The Labute approximate surface area is 122 Å². The molecule has 3 fully saturated rings. The van der Waals surface area contributed by atoms with Gasteiger partial charge in [-0.05, 0) is 63.3 Å². The molecule has 1 aliphatic heterocycles. The molecule has 3 aliphatic rings. The third-order valence-corrected chi connectivity index (χ3v) is 4.89. The highest BCUT2D eigenvalue weighted by atomic mass is 35.5. The Hall–Kier alpha value is -0.280. The molecule has 1 heterocycles. The Bertz CT molecular complexity index is 306. The lowest BCUT2D eigenvalue weighted by atomic mass is 9.92. The Morgan fingerprint density at radius 1 is 1.21 bits per heavy atom. The van der Waals surface area contributed by atoms with Crippen molar-refractivity contribution >= 4 is 18.3 Å². The number of halogens is 1. The van der Waals surface area contributed by atoms with Crippen LogP contribution in [0.1, 0.15) is 51.9 Å². The summed E-state index contributed by atoms with van der Waals surface area (Å²) < 4.78 is 0. The second kappa shape index (κ2) is 6.01. The zero-order valence-corrected chi connectivity index (χ0v) is 12.8. The summed E-state index contributed by atoms with van der Waals surface area (Å²) in [4.78, 5) is 15.1. The van der Waals surface area contributed by atoms with Crippen LogP contribution >= 0.6 is 12.4 Å². The molecule has 1 unspecified atom stereocenters. The number of carbonyl (C=O) groups is 1. The molecule has 0 spiro atoms. The van der Waals surface area contributed by atoms with E-state index in [2.05, 4.69) is 17.1 Å². The predicted octanol–water partition coefficient (Wildman–Crippen LogP) is 2.59. The zero-order chi connectivity index (χ0) is 12.6. The highest BCUT2D eigenvalue weighted by molar-refractivity contribution is 5.87. The van der Waals surface area contributed by atoms with Crippen LogP contribution in [0, 0.1) is 11.8 Å². The number of nitrogens with zero attached hydrogens (tertiary/aromatic N) is 1. The Balaban J connectivity index is 0.00000133. The standard InChI is InChI=1S/C15H26N2O.ClH/c1-2-15(8-3-9-16-15)14(18)17(10-12-4-5-12)11-13-6-7-13;/h12-13,16H,2-11H2,1H3;1H. The quantitative estimate of drug-likeness (QED) is 0.814. The van der Waals surface area contributed by atoms with Crippen LogP contribution in [-0.2, 0) is 4.79 Å². The minimum absolute atomic E-state index is 0. The van der Waals surface area contributed by atoms with Crippen molar-refractivity contribution < 1.29 is 4.79 Å². The number of carbonyl (C=O) groups excluding carboxylic acids is 1. The highest BCUT2D eigenvalue weighted by Crippen LogP contribution is 2.36. The number of hydrogen-bond acceptors (Lipinski definition) is 2. The van der Waals surface area contributed by atoms with Gasteiger partial charge in [0.05, 0.1) is 5.54 Å². The Kier molecular flexibility index (Phi) is 4.78. The molecule has 0 aromatic heterocycles. The van der Waals surface area contributed by atoms with E-state index >= 15 is 0 Å². The molecule has 1 atom stereocenters. The minimum Gasteiger partial charge on any atom is -0.341 e. The third-order valence-electron chi connectivity index (χ3n) is 4.89. The fraction of sp³-hybridized carbons (Fsp3) is 0.933. The lowest BCUT2D eigenvalue weighted by Crippen LogP contribution is -2.55. The first-order chi connectivity index (χ1) is 8.73. The van der Waals surface area contributed by atoms with Crippen LogP contribution in [0.15, 0.2) is 0 Å². The van der Waals surface area contributed by atoms with Gasteiger partial charge in [0.15, 0.2) is 0 Å². The van der Waals surface area contributed by atoms with E-state index in [4.69, 9.17) is 0 Å². The van der Waals surface area contributed by atoms with Crippen molar-refractivity contribution in [3.05, 3.63) is 0 Å². The van der Waals surface area contributed by atoms with Gasteiger partial charge in [-0.1, -0.05) is 6.92 Å². The van der Waals surface area contributed by atoms with E-state index in [0.29, 0.717) is 5.91 Å². The summed E-state index contributed by atoms with van der Waals surface area (Å²) in [5.74, 6) is 2.02. The van der Waals surface area contributed by atoms with Gasteiger partial charge in [-0.25, -0.2) is 0 Å². The van der Waals surface area contributed by atoms with Gasteiger partial charge in [0.2, 0.25) is 5.91 Å². The number of nitrogens with one attached hydrogen (secondary N) is 1. The lowest BCUT2D eigenvalue weighted by molar-refractivity contribution is -0.138. The van der Waals surface area contributed by atoms with Crippen LogP contribution in [0.25, 0.3) is 0 Å². The number of hydrogen-bond donors (Lipinski definition) is 1. The number of amides is 1. The van der Waals surface area contributed by atoms with Crippen LogP contribution < -0.4 is 5.32 Å². The van der Waals surface area contributed by atoms with E-state index in [0.717, 1.165) is 50.7 Å². The van der Waals surface area contributed by atoms with E-state index < -0.39 is 0 Å². The van der Waals surface area contributed by atoms with E-state index in [1.807, 2.05) is 0 Å². The van der Waals surface area contributed by atoms with E-state index in [1.165, 1.54) is 25.7 Å².